The highest BCUT2D eigenvalue weighted by molar-refractivity contribution is 7.90. The lowest BCUT2D eigenvalue weighted by Gasteiger charge is -2.16. The van der Waals surface area contributed by atoms with Crippen LogP contribution in [-0.4, -0.2) is 27.3 Å². The fourth-order valence-electron chi connectivity index (χ4n) is 0.538. The Kier molecular flexibility index (Phi) is 4.14. The van der Waals surface area contributed by atoms with Gasteiger partial charge in [0.25, 0.3) is 0 Å². The highest BCUT2D eigenvalue weighted by atomic mass is 32.2. The molecule has 0 fully saturated rings. The zero-order valence-corrected chi connectivity index (χ0v) is 7.87. The molecule has 0 aromatic carbocycles. The zero-order chi connectivity index (χ0) is 10.7. The molecule has 8 heteroatoms. The van der Waals surface area contributed by atoms with Crippen LogP contribution in [-0.2, 0) is 14.8 Å². The molecule has 0 aliphatic rings. The average Bonchev–Trinajstić information content (AvgIpc) is 1.98. The quantitative estimate of drug-likeness (QED) is 0.714. The number of halogens is 3. The van der Waals surface area contributed by atoms with E-state index in [2.05, 4.69) is 4.74 Å². The van der Waals surface area contributed by atoms with E-state index in [9.17, 15) is 21.6 Å². The third-order valence-corrected chi connectivity index (χ3v) is 2.43. The lowest BCUT2D eigenvalue weighted by molar-refractivity contribution is -0.0472. The van der Waals surface area contributed by atoms with Gasteiger partial charge in [-0.2, -0.15) is 17.9 Å². The van der Waals surface area contributed by atoms with Crippen LogP contribution < -0.4 is 4.72 Å². The minimum Gasteiger partial charge on any atom is -0.366 e. The van der Waals surface area contributed by atoms with Gasteiger partial charge in [0.05, 0.1) is 0 Å². The van der Waals surface area contributed by atoms with Crippen molar-refractivity contribution in [3.05, 3.63) is 0 Å². The molecule has 80 valence electrons. The highest BCUT2D eigenvalue weighted by Crippen LogP contribution is 2.22. The van der Waals surface area contributed by atoms with E-state index in [-0.39, 0.29) is 6.42 Å². The summed E-state index contributed by atoms with van der Waals surface area (Å²) in [5.74, 6) is 0. The maximum atomic E-state index is 11.8. The van der Waals surface area contributed by atoms with Crippen molar-refractivity contribution in [3.63, 3.8) is 0 Å². The summed E-state index contributed by atoms with van der Waals surface area (Å²) in [5, 5.41) is 0. The van der Waals surface area contributed by atoms with Crippen molar-refractivity contribution >= 4 is 10.0 Å². The molecule has 0 heterocycles. The number of alkyl halides is 3. The first kappa shape index (κ1) is 12.7. The molecular weight excluding hydrogens is 211 g/mol. The van der Waals surface area contributed by atoms with Crippen LogP contribution in [0.25, 0.3) is 0 Å². The van der Waals surface area contributed by atoms with Gasteiger partial charge in [0.2, 0.25) is 0 Å². The molecule has 0 saturated carbocycles. The molecule has 0 aliphatic carbocycles. The minimum absolute atomic E-state index is 0.117. The summed E-state index contributed by atoms with van der Waals surface area (Å²) in [5.41, 5.74) is -5.29. The van der Waals surface area contributed by atoms with Crippen LogP contribution in [0.4, 0.5) is 13.2 Å². The minimum atomic E-state index is -5.30. The SMILES string of the molecule is CCC(NS(=O)(=O)C(F)(F)F)OC. The maximum Gasteiger partial charge on any atom is 0.511 e. The second kappa shape index (κ2) is 4.25. The summed E-state index contributed by atoms with van der Waals surface area (Å²) in [4.78, 5) is 0. The first-order valence-electron chi connectivity index (χ1n) is 3.36. The van der Waals surface area contributed by atoms with Gasteiger partial charge < -0.3 is 4.74 Å². The lowest BCUT2D eigenvalue weighted by Crippen LogP contribution is -2.43. The smallest absolute Gasteiger partial charge is 0.366 e. The molecule has 1 unspecified atom stereocenters. The van der Waals surface area contributed by atoms with E-state index < -0.39 is 21.8 Å². The van der Waals surface area contributed by atoms with Crippen LogP contribution in [0.5, 0.6) is 0 Å². The number of sulfonamides is 1. The summed E-state index contributed by atoms with van der Waals surface area (Å²) in [7, 11) is -4.18. The Morgan fingerprint density at radius 3 is 2.15 bits per heavy atom. The molecule has 0 rings (SSSR count). The fourth-order valence-corrected chi connectivity index (χ4v) is 1.28. The van der Waals surface area contributed by atoms with Crippen molar-refractivity contribution in [2.24, 2.45) is 0 Å². The Hall–Kier alpha value is -0.340. The predicted octanol–water partition coefficient (Wildman–Crippen LogP) is 0.808. The molecule has 0 amide bonds. The number of methoxy groups -OCH3 is 1. The number of hydrogen-bond acceptors (Lipinski definition) is 3. The van der Waals surface area contributed by atoms with Crippen molar-refractivity contribution in [1.29, 1.82) is 0 Å². The standard InChI is InChI=1S/C5H10F3NO3S/c1-3-4(12-2)9-13(10,11)5(6,7)8/h4,9H,3H2,1-2H3. The normalized spacial score (nSPS) is 15.8. The summed E-state index contributed by atoms with van der Waals surface area (Å²) in [6.07, 6.45) is -1.03. The number of nitrogens with one attached hydrogen (secondary N) is 1. The summed E-state index contributed by atoms with van der Waals surface area (Å²) in [6, 6.07) is 0. The van der Waals surface area contributed by atoms with E-state index in [1.54, 1.807) is 0 Å². The summed E-state index contributed by atoms with van der Waals surface area (Å²) >= 11 is 0. The van der Waals surface area contributed by atoms with Gasteiger partial charge in [-0.15, -0.1) is 0 Å². The largest absolute Gasteiger partial charge is 0.511 e. The van der Waals surface area contributed by atoms with Crippen molar-refractivity contribution in [3.8, 4) is 0 Å². The van der Waals surface area contributed by atoms with Gasteiger partial charge in [-0.3, -0.25) is 0 Å². The van der Waals surface area contributed by atoms with Crippen molar-refractivity contribution in [2.75, 3.05) is 7.11 Å². The Morgan fingerprint density at radius 2 is 1.92 bits per heavy atom. The molecular formula is C5H10F3NO3S. The van der Waals surface area contributed by atoms with Crippen molar-refractivity contribution < 1.29 is 26.3 Å². The molecule has 13 heavy (non-hydrogen) atoms. The van der Waals surface area contributed by atoms with Gasteiger partial charge in [-0.1, -0.05) is 6.92 Å². The highest BCUT2D eigenvalue weighted by Gasteiger charge is 2.46. The molecule has 1 atom stereocenters. The van der Waals surface area contributed by atoms with Gasteiger partial charge in [0.15, 0.2) is 0 Å². The van der Waals surface area contributed by atoms with Crippen LogP contribution in [0.15, 0.2) is 0 Å². The van der Waals surface area contributed by atoms with Crippen LogP contribution in [0.2, 0.25) is 0 Å². The summed E-state index contributed by atoms with van der Waals surface area (Å²) < 4.78 is 62.0. The van der Waals surface area contributed by atoms with E-state index in [1.807, 2.05) is 0 Å². The molecule has 0 saturated heterocycles. The van der Waals surface area contributed by atoms with Crippen molar-refractivity contribution in [2.45, 2.75) is 25.1 Å². The van der Waals surface area contributed by atoms with E-state index in [0.717, 1.165) is 7.11 Å². The Morgan fingerprint density at radius 1 is 1.46 bits per heavy atom. The predicted molar refractivity (Wildman–Crippen MR) is 39.2 cm³/mol. The second-order valence-corrected chi connectivity index (χ2v) is 3.91. The fraction of sp³-hybridized carbons (Fsp3) is 1.00. The molecule has 0 radical (unpaired) electrons. The molecule has 0 bridgehead atoms. The van der Waals surface area contributed by atoms with Crippen LogP contribution >= 0.6 is 0 Å². The molecule has 1 N–H and O–H groups in total. The van der Waals surface area contributed by atoms with E-state index in [1.165, 1.54) is 11.6 Å². The summed E-state index contributed by atoms with van der Waals surface area (Å²) in [6.45, 7) is 1.49. The van der Waals surface area contributed by atoms with Gasteiger partial charge in [-0.05, 0) is 6.42 Å². The lowest BCUT2D eigenvalue weighted by atomic mass is 10.4. The van der Waals surface area contributed by atoms with E-state index in [4.69, 9.17) is 0 Å². The van der Waals surface area contributed by atoms with Crippen LogP contribution in [0.3, 0.4) is 0 Å². The Bertz CT molecular complexity index is 244. The average molecular weight is 221 g/mol. The Balaban J connectivity index is 4.52. The van der Waals surface area contributed by atoms with Gasteiger partial charge in [0.1, 0.15) is 6.23 Å². The van der Waals surface area contributed by atoms with Crippen molar-refractivity contribution in [1.82, 2.24) is 4.72 Å². The van der Waals surface area contributed by atoms with Gasteiger partial charge in [0, 0.05) is 7.11 Å². The maximum absolute atomic E-state index is 11.8. The number of rotatable bonds is 4. The molecule has 0 aromatic heterocycles. The first-order chi connectivity index (χ1) is 5.74. The third kappa shape index (κ3) is 3.49. The molecule has 0 aliphatic heterocycles. The topological polar surface area (TPSA) is 55.4 Å². The third-order valence-electron chi connectivity index (χ3n) is 1.25. The van der Waals surface area contributed by atoms with E-state index in [0.29, 0.717) is 0 Å². The van der Waals surface area contributed by atoms with Gasteiger partial charge >= 0.3 is 15.5 Å². The van der Waals surface area contributed by atoms with Crippen LogP contribution in [0.1, 0.15) is 13.3 Å². The zero-order valence-electron chi connectivity index (χ0n) is 7.05. The molecule has 0 aromatic rings. The molecule has 0 spiro atoms. The van der Waals surface area contributed by atoms with Crippen LogP contribution in [0, 0.1) is 0 Å². The first-order valence-corrected chi connectivity index (χ1v) is 4.84. The van der Waals surface area contributed by atoms with E-state index >= 15 is 0 Å². The second-order valence-electron chi connectivity index (χ2n) is 2.20. The Labute approximate surface area is 74.1 Å². The number of hydrogen-bond donors (Lipinski definition) is 1. The number of ether oxygens (including phenoxy) is 1. The molecule has 4 nitrogen and oxygen atoms in total. The monoisotopic (exact) mass is 221 g/mol. The van der Waals surface area contributed by atoms with Gasteiger partial charge in [-0.25, -0.2) is 8.42 Å².